The van der Waals surface area contributed by atoms with Crippen molar-refractivity contribution in [2.75, 3.05) is 6.54 Å². The van der Waals surface area contributed by atoms with E-state index in [1.807, 2.05) is 35.1 Å². The molecular weight excluding hydrogens is 340 g/mol. The van der Waals surface area contributed by atoms with Gasteiger partial charge in [0, 0.05) is 17.2 Å². The topological polar surface area (TPSA) is 6.89 Å². The van der Waals surface area contributed by atoms with Gasteiger partial charge in [-0.15, -0.1) is 0 Å². The smallest absolute Gasteiger partial charge is 0.177 e. The third-order valence-electron chi connectivity index (χ3n) is 4.07. The molecule has 0 aliphatic heterocycles. The van der Waals surface area contributed by atoms with Gasteiger partial charge in [0.05, 0.1) is 11.1 Å². The van der Waals surface area contributed by atoms with Crippen molar-refractivity contribution in [1.82, 2.24) is 0 Å². The summed E-state index contributed by atoms with van der Waals surface area (Å²) in [6.07, 6.45) is 17.4. The molecule has 0 fully saturated rings. The molecule has 1 aromatic carbocycles. The van der Waals surface area contributed by atoms with Crippen molar-refractivity contribution < 1.29 is 9.14 Å². The van der Waals surface area contributed by atoms with Gasteiger partial charge in [-0.05, 0) is 12.1 Å². The van der Waals surface area contributed by atoms with Crippen LogP contribution < -0.4 is 4.57 Å². The van der Waals surface area contributed by atoms with Crippen LogP contribution in [0.1, 0.15) is 11.1 Å². The summed E-state index contributed by atoms with van der Waals surface area (Å²) in [6.45, 7) is 17.1. The highest BCUT2D eigenvalue weighted by Gasteiger charge is 2.10. The van der Waals surface area contributed by atoms with Gasteiger partial charge in [-0.25, -0.2) is 9.14 Å². The second-order valence-corrected chi connectivity index (χ2v) is 6.35. The van der Waals surface area contributed by atoms with Gasteiger partial charge in [0.15, 0.2) is 37.9 Å². The van der Waals surface area contributed by atoms with Crippen LogP contribution in [0, 0.1) is 0 Å². The molecule has 1 heterocycles. The number of pyridine rings is 1. The zero-order valence-electron chi connectivity index (χ0n) is 16.4. The minimum atomic E-state index is 0.657. The van der Waals surface area contributed by atoms with E-state index in [1.54, 1.807) is 12.2 Å². The van der Waals surface area contributed by atoms with E-state index in [0.29, 0.717) is 6.54 Å². The summed E-state index contributed by atoms with van der Waals surface area (Å²) in [5.74, 6) is 0. The van der Waals surface area contributed by atoms with E-state index in [0.717, 1.165) is 23.3 Å². The molecular formula is C26H28N2+2. The van der Waals surface area contributed by atoms with Gasteiger partial charge in [0.1, 0.15) is 0 Å². The van der Waals surface area contributed by atoms with Crippen LogP contribution in [0.4, 0.5) is 0 Å². The van der Waals surface area contributed by atoms with Gasteiger partial charge in [-0.3, -0.25) is 0 Å². The van der Waals surface area contributed by atoms with Crippen LogP contribution in [0.2, 0.25) is 0 Å². The Hall–Kier alpha value is -3.52. The third kappa shape index (κ3) is 6.65. The van der Waals surface area contributed by atoms with Crippen molar-refractivity contribution >= 4 is 11.8 Å². The van der Waals surface area contributed by atoms with E-state index in [1.165, 1.54) is 5.56 Å². The Morgan fingerprint density at radius 3 is 2.46 bits per heavy atom. The second-order valence-electron chi connectivity index (χ2n) is 6.35. The zero-order chi connectivity index (χ0) is 20.2. The predicted octanol–water partition coefficient (Wildman–Crippen LogP) is 5.12. The lowest BCUT2D eigenvalue weighted by molar-refractivity contribution is -0.688. The molecule has 0 amide bonds. The molecule has 0 radical (unpaired) electrons. The molecule has 28 heavy (non-hydrogen) atoms. The van der Waals surface area contributed by atoms with E-state index in [2.05, 4.69) is 85.9 Å². The molecule has 1 aromatic heterocycles. The van der Waals surface area contributed by atoms with Gasteiger partial charge in [-0.2, -0.15) is 0 Å². The van der Waals surface area contributed by atoms with Crippen LogP contribution in [0.15, 0.2) is 123 Å². The molecule has 0 bridgehead atoms. The number of hydrogen-bond acceptors (Lipinski definition) is 0. The standard InChI is InChI=1S/C26H28N2/c1-5-8-13-23(4)19-27(17-6-2)21-25(7-3)26-16-12-18-28(22-26)20-24-14-10-9-11-15-24/h5-18,21-22H,1-4,19-20H2/q+2/b13-8-,25-21+,27-17-. The van der Waals surface area contributed by atoms with Crippen molar-refractivity contribution in [2.45, 2.75) is 6.54 Å². The van der Waals surface area contributed by atoms with Gasteiger partial charge in [0.2, 0.25) is 0 Å². The summed E-state index contributed by atoms with van der Waals surface area (Å²) in [4.78, 5) is 0. The first-order valence-corrected chi connectivity index (χ1v) is 9.22. The minimum absolute atomic E-state index is 0.657. The van der Waals surface area contributed by atoms with Crippen LogP contribution in [-0.2, 0) is 6.54 Å². The molecule has 0 saturated carbocycles. The van der Waals surface area contributed by atoms with Crippen molar-refractivity contribution in [3.8, 4) is 0 Å². The fourth-order valence-electron chi connectivity index (χ4n) is 2.78. The van der Waals surface area contributed by atoms with Crippen LogP contribution in [0.5, 0.6) is 0 Å². The fraction of sp³-hybridized carbons (Fsp3) is 0.0769. The fourth-order valence-corrected chi connectivity index (χ4v) is 2.78. The van der Waals surface area contributed by atoms with E-state index >= 15 is 0 Å². The number of hydrogen-bond donors (Lipinski definition) is 0. The second kappa shape index (κ2) is 11.2. The average Bonchev–Trinajstić information content (AvgIpc) is 2.71. The Bertz CT molecular complexity index is 928. The van der Waals surface area contributed by atoms with Crippen molar-refractivity contribution in [1.29, 1.82) is 0 Å². The highest BCUT2D eigenvalue weighted by atomic mass is 15.0. The minimum Gasteiger partial charge on any atom is -0.200 e. The quantitative estimate of drug-likeness (QED) is 0.312. The lowest BCUT2D eigenvalue weighted by Gasteiger charge is -2.03. The highest BCUT2D eigenvalue weighted by Crippen LogP contribution is 2.14. The Morgan fingerprint density at radius 2 is 1.79 bits per heavy atom. The van der Waals surface area contributed by atoms with E-state index in [9.17, 15) is 0 Å². The maximum Gasteiger partial charge on any atom is 0.177 e. The summed E-state index contributed by atoms with van der Waals surface area (Å²) < 4.78 is 4.23. The van der Waals surface area contributed by atoms with Crippen LogP contribution in [-0.4, -0.2) is 17.3 Å². The van der Waals surface area contributed by atoms with E-state index in [4.69, 9.17) is 0 Å². The number of benzene rings is 1. The lowest BCUT2D eigenvalue weighted by Crippen LogP contribution is -2.33. The molecule has 0 unspecified atom stereocenters. The molecule has 0 atom stereocenters. The molecule has 140 valence electrons. The zero-order valence-corrected chi connectivity index (χ0v) is 16.4. The molecule has 0 saturated heterocycles. The van der Waals surface area contributed by atoms with Crippen molar-refractivity contribution in [2.24, 2.45) is 0 Å². The van der Waals surface area contributed by atoms with Gasteiger partial charge < -0.3 is 0 Å². The van der Waals surface area contributed by atoms with E-state index in [-0.39, 0.29) is 0 Å². The van der Waals surface area contributed by atoms with Crippen molar-refractivity contribution in [3.63, 3.8) is 0 Å². The largest absolute Gasteiger partial charge is 0.200 e. The number of allylic oxidation sites excluding steroid dienone is 5. The summed E-state index contributed by atoms with van der Waals surface area (Å²) in [5.41, 5.74) is 4.37. The predicted molar refractivity (Wildman–Crippen MR) is 120 cm³/mol. The summed E-state index contributed by atoms with van der Waals surface area (Å²) in [5, 5.41) is 0. The monoisotopic (exact) mass is 368 g/mol. The average molecular weight is 369 g/mol. The van der Waals surface area contributed by atoms with Crippen LogP contribution in [0.25, 0.3) is 5.57 Å². The molecule has 0 N–H and O–H groups in total. The number of rotatable bonds is 10. The van der Waals surface area contributed by atoms with Crippen molar-refractivity contribution in [3.05, 3.63) is 134 Å². The highest BCUT2D eigenvalue weighted by molar-refractivity contribution is 5.72. The maximum absolute atomic E-state index is 4.09. The Morgan fingerprint density at radius 1 is 1.00 bits per heavy atom. The van der Waals surface area contributed by atoms with Gasteiger partial charge >= 0.3 is 0 Å². The summed E-state index contributed by atoms with van der Waals surface area (Å²) >= 11 is 0. The normalized spacial score (nSPS) is 12.0. The first kappa shape index (κ1) is 20.8. The molecule has 0 aliphatic carbocycles. The molecule has 2 rings (SSSR count). The number of aromatic nitrogens is 1. The summed E-state index contributed by atoms with van der Waals surface area (Å²) in [6, 6.07) is 14.6. The van der Waals surface area contributed by atoms with E-state index < -0.39 is 0 Å². The van der Waals surface area contributed by atoms with Gasteiger partial charge in [-0.1, -0.05) is 81.0 Å². The van der Waals surface area contributed by atoms with Gasteiger partial charge in [0.25, 0.3) is 0 Å². The Labute approximate surface area is 168 Å². The third-order valence-corrected chi connectivity index (χ3v) is 4.07. The first-order chi connectivity index (χ1) is 13.7. The number of nitrogens with zero attached hydrogens (tertiary/aromatic N) is 2. The Kier molecular flexibility index (Phi) is 8.35. The SMILES string of the molecule is C=C/C=C\C(=C)C[N+](=C/C=C)/C=C(\C=C)c1ccc[n+](Cc2ccccc2)c1. The first-order valence-electron chi connectivity index (χ1n) is 9.22. The van der Waals surface area contributed by atoms with Crippen LogP contribution >= 0.6 is 0 Å². The molecule has 0 aliphatic rings. The van der Waals surface area contributed by atoms with Crippen LogP contribution in [0.3, 0.4) is 0 Å². The molecule has 0 spiro atoms. The summed E-state index contributed by atoms with van der Waals surface area (Å²) in [7, 11) is 0. The lowest BCUT2D eigenvalue weighted by atomic mass is 10.1. The Balaban J connectivity index is 2.27. The molecule has 2 nitrogen and oxygen atoms in total. The molecule has 2 heteroatoms. The maximum atomic E-state index is 4.09. The molecule has 2 aromatic rings.